The van der Waals surface area contributed by atoms with Crippen LogP contribution in [0.25, 0.3) is 0 Å². The molecule has 1 aromatic carbocycles. The van der Waals surface area contributed by atoms with E-state index in [4.69, 9.17) is 5.73 Å². The van der Waals surface area contributed by atoms with Crippen LogP contribution in [0.1, 0.15) is 49.7 Å². The molecule has 1 amide bonds. The normalized spacial score (nSPS) is 26.6. The molecule has 9 heteroatoms. The van der Waals surface area contributed by atoms with E-state index in [9.17, 15) is 27.1 Å². The van der Waals surface area contributed by atoms with E-state index in [0.29, 0.717) is 19.3 Å². The SMILES string of the molecule is C[C@H]1CC[C@H](C2C=CC=CC2)S(=O)(=O)N1Cc1cc(F)c(C(CO)CC(N)=O)cc1F. The van der Waals surface area contributed by atoms with E-state index in [1.165, 1.54) is 4.31 Å². The van der Waals surface area contributed by atoms with Gasteiger partial charge in [0.05, 0.1) is 11.9 Å². The lowest BCUT2D eigenvalue weighted by molar-refractivity contribution is -0.118. The molecule has 1 saturated heterocycles. The van der Waals surface area contributed by atoms with Gasteiger partial charge in [-0.05, 0) is 49.8 Å². The molecule has 0 radical (unpaired) electrons. The number of sulfonamides is 1. The summed E-state index contributed by atoms with van der Waals surface area (Å²) in [5.74, 6) is -3.45. The molecule has 4 atom stereocenters. The second-order valence-electron chi connectivity index (χ2n) is 8.28. The third-order valence-corrected chi connectivity index (χ3v) is 8.65. The number of nitrogens with zero attached hydrogens (tertiary/aromatic N) is 1. The number of allylic oxidation sites excluding steroid dienone is 4. The van der Waals surface area contributed by atoms with Crippen molar-refractivity contribution < 1.29 is 27.1 Å². The van der Waals surface area contributed by atoms with Gasteiger partial charge in [0.15, 0.2) is 0 Å². The Kier molecular flexibility index (Phi) is 7.28. The van der Waals surface area contributed by atoms with Crippen molar-refractivity contribution in [3.05, 3.63) is 59.2 Å². The van der Waals surface area contributed by atoms with Crippen LogP contribution >= 0.6 is 0 Å². The van der Waals surface area contributed by atoms with Crippen molar-refractivity contribution in [2.24, 2.45) is 11.7 Å². The Morgan fingerprint density at radius 1 is 1.26 bits per heavy atom. The van der Waals surface area contributed by atoms with Gasteiger partial charge in [0.2, 0.25) is 15.9 Å². The number of hydrogen-bond acceptors (Lipinski definition) is 4. The molecule has 6 nitrogen and oxygen atoms in total. The van der Waals surface area contributed by atoms with Crippen LogP contribution in [-0.4, -0.2) is 41.6 Å². The fourth-order valence-corrected chi connectivity index (χ4v) is 6.75. The van der Waals surface area contributed by atoms with Gasteiger partial charge in [-0.25, -0.2) is 17.2 Å². The Bertz CT molecular complexity index is 993. The zero-order valence-corrected chi connectivity index (χ0v) is 18.2. The Balaban J connectivity index is 1.88. The minimum Gasteiger partial charge on any atom is -0.396 e. The fraction of sp³-hybridized carbons (Fsp3) is 0.500. The third kappa shape index (κ3) is 5.05. The van der Waals surface area contributed by atoms with E-state index in [-0.39, 0.29) is 36.1 Å². The highest BCUT2D eigenvalue weighted by Gasteiger charge is 2.43. The van der Waals surface area contributed by atoms with Crippen LogP contribution in [-0.2, 0) is 21.4 Å². The number of carbonyl (C=O) groups is 1. The van der Waals surface area contributed by atoms with Crippen LogP contribution in [0.3, 0.4) is 0 Å². The molecule has 0 spiro atoms. The molecule has 3 N–H and O–H groups in total. The summed E-state index contributed by atoms with van der Waals surface area (Å²) < 4.78 is 57.5. The summed E-state index contributed by atoms with van der Waals surface area (Å²) >= 11 is 0. The zero-order chi connectivity index (χ0) is 22.8. The van der Waals surface area contributed by atoms with Crippen LogP contribution in [0.5, 0.6) is 0 Å². The summed E-state index contributed by atoms with van der Waals surface area (Å²) in [6, 6.07) is 1.53. The quantitative estimate of drug-likeness (QED) is 0.662. The molecule has 0 bridgehead atoms. The number of nitrogens with two attached hydrogens (primary N) is 1. The molecule has 1 aliphatic heterocycles. The molecule has 1 heterocycles. The first-order valence-electron chi connectivity index (χ1n) is 10.4. The topological polar surface area (TPSA) is 101 Å². The van der Waals surface area contributed by atoms with Gasteiger partial charge in [-0.3, -0.25) is 4.79 Å². The van der Waals surface area contributed by atoms with Crippen LogP contribution in [0.15, 0.2) is 36.4 Å². The number of aliphatic hydroxyl groups excluding tert-OH is 1. The molecule has 1 fully saturated rings. The van der Waals surface area contributed by atoms with E-state index in [2.05, 4.69) is 0 Å². The summed E-state index contributed by atoms with van der Waals surface area (Å²) in [6.45, 7) is 0.914. The van der Waals surface area contributed by atoms with Gasteiger partial charge in [-0.15, -0.1) is 0 Å². The smallest absolute Gasteiger partial charge is 0.218 e. The van der Waals surface area contributed by atoms with Crippen molar-refractivity contribution in [2.75, 3.05) is 6.61 Å². The maximum absolute atomic E-state index is 14.8. The van der Waals surface area contributed by atoms with Gasteiger partial charge >= 0.3 is 0 Å². The number of amides is 1. The van der Waals surface area contributed by atoms with E-state index >= 15 is 0 Å². The maximum Gasteiger partial charge on any atom is 0.218 e. The molecular formula is C22H28F2N2O4S. The first kappa shape index (κ1) is 23.6. The predicted octanol–water partition coefficient (Wildman–Crippen LogP) is 2.73. The van der Waals surface area contributed by atoms with Gasteiger partial charge in [0, 0.05) is 30.5 Å². The van der Waals surface area contributed by atoms with Gasteiger partial charge in [-0.2, -0.15) is 4.31 Å². The van der Waals surface area contributed by atoms with Crippen molar-refractivity contribution in [1.82, 2.24) is 4.31 Å². The van der Waals surface area contributed by atoms with Gasteiger partial charge in [0.25, 0.3) is 0 Å². The second kappa shape index (κ2) is 9.58. The van der Waals surface area contributed by atoms with Crippen molar-refractivity contribution in [3.8, 4) is 0 Å². The molecule has 1 aliphatic carbocycles. The van der Waals surface area contributed by atoms with Gasteiger partial charge in [-0.1, -0.05) is 24.3 Å². The van der Waals surface area contributed by atoms with Crippen LogP contribution in [0.2, 0.25) is 0 Å². The lowest BCUT2D eigenvalue weighted by Gasteiger charge is -2.40. The van der Waals surface area contributed by atoms with Crippen molar-refractivity contribution >= 4 is 15.9 Å². The maximum atomic E-state index is 14.8. The molecule has 170 valence electrons. The molecule has 0 aromatic heterocycles. The fourth-order valence-electron chi connectivity index (χ4n) is 4.40. The highest BCUT2D eigenvalue weighted by atomic mass is 32.2. The summed E-state index contributed by atoms with van der Waals surface area (Å²) in [6.07, 6.45) is 8.99. The molecule has 0 saturated carbocycles. The van der Waals surface area contributed by atoms with Crippen LogP contribution < -0.4 is 5.73 Å². The molecule has 2 aliphatic rings. The lowest BCUT2D eigenvalue weighted by atomic mass is 9.93. The third-order valence-electron chi connectivity index (χ3n) is 6.16. The predicted molar refractivity (Wildman–Crippen MR) is 113 cm³/mol. The number of halogens is 2. The number of carbonyl (C=O) groups excluding carboxylic acids is 1. The Morgan fingerprint density at radius 3 is 2.61 bits per heavy atom. The van der Waals surface area contributed by atoms with Gasteiger partial charge < -0.3 is 10.8 Å². The molecule has 3 rings (SSSR count). The number of hydrogen-bond donors (Lipinski definition) is 2. The molecule has 2 unspecified atom stereocenters. The minimum absolute atomic E-state index is 0.0906. The highest BCUT2D eigenvalue weighted by Crippen LogP contribution is 2.36. The van der Waals surface area contributed by atoms with Crippen LogP contribution in [0, 0.1) is 17.6 Å². The number of rotatable bonds is 7. The molecule has 1 aromatic rings. The number of primary amides is 1. The number of benzene rings is 1. The zero-order valence-electron chi connectivity index (χ0n) is 17.4. The van der Waals surface area contributed by atoms with E-state index in [1.807, 2.05) is 24.3 Å². The summed E-state index contributed by atoms with van der Waals surface area (Å²) in [4.78, 5) is 11.1. The average molecular weight is 455 g/mol. The minimum atomic E-state index is -3.73. The Hall–Kier alpha value is -2.10. The summed E-state index contributed by atoms with van der Waals surface area (Å²) in [5.41, 5.74) is 4.87. The van der Waals surface area contributed by atoms with Crippen molar-refractivity contribution in [1.29, 1.82) is 0 Å². The monoisotopic (exact) mass is 454 g/mol. The largest absolute Gasteiger partial charge is 0.396 e. The van der Waals surface area contributed by atoms with Crippen LogP contribution in [0.4, 0.5) is 8.78 Å². The Morgan fingerprint density at radius 2 is 2.00 bits per heavy atom. The average Bonchev–Trinajstić information content (AvgIpc) is 2.72. The second-order valence-corrected chi connectivity index (χ2v) is 10.4. The summed E-state index contributed by atoms with van der Waals surface area (Å²) in [7, 11) is -3.73. The van der Waals surface area contributed by atoms with E-state index < -0.39 is 45.3 Å². The molecule has 31 heavy (non-hydrogen) atoms. The van der Waals surface area contributed by atoms with E-state index in [1.54, 1.807) is 6.92 Å². The van der Waals surface area contributed by atoms with Crippen molar-refractivity contribution in [2.45, 2.75) is 56.4 Å². The highest BCUT2D eigenvalue weighted by molar-refractivity contribution is 7.89. The standard InChI is InChI=1S/C22H28F2N2O4S/c1-14-7-8-21(15-5-3-2-4-6-15)31(29,30)26(14)12-16-9-20(24)18(11-19(16)23)17(13-27)10-22(25)28/h2-5,9,11,14-15,17,21,27H,6-8,10,12-13H2,1H3,(H2,25,28)/t14-,15?,17?,21+/m0/s1. The lowest BCUT2D eigenvalue weighted by Crippen LogP contribution is -2.50. The van der Waals surface area contributed by atoms with Crippen molar-refractivity contribution in [3.63, 3.8) is 0 Å². The first-order chi connectivity index (χ1) is 14.6. The summed E-state index contributed by atoms with van der Waals surface area (Å²) in [5, 5.41) is 8.83. The van der Waals surface area contributed by atoms with Gasteiger partial charge in [0.1, 0.15) is 11.6 Å². The van der Waals surface area contributed by atoms with E-state index in [0.717, 1.165) is 12.1 Å². The first-order valence-corrected chi connectivity index (χ1v) is 11.9. The Labute approximate surface area is 181 Å². The number of aliphatic hydroxyl groups is 1. The molecular weight excluding hydrogens is 426 g/mol.